The minimum absolute atomic E-state index is 0.347. The molecular formula is C20H27FN6O. The van der Waals surface area contributed by atoms with Crippen molar-refractivity contribution in [1.29, 1.82) is 0 Å². The van der Waals surface area contributed by atoms with Crippen molar-refractivity contribution >= 4 is 23.5 Å². The topological polar surface area (TPSA) is 82.2 Å². The van der Waals surface area contributed by atoms with Crippen LogP contribution in [0.2, 0.25) is 0 Å². The predicted octanol–water partition coefficient (Wildman–Crippen LogP) is 3.46. The molecule has 0 aliphatic carbocycles. The second kappa shape index (κ2) is 9.34. The number of urea groups is 1. The molecule has 28 heavy (non-hydrogen) atoms. The summed E-state index contributed by atoms with van der Waals surface area (Å²) in [5.74, 6) is 1.16. The lowest BCUT2D eigenvalue weighted by Crippen LogP contribution is -2.33. The highest BCUT2D eigenvalue weighted by molar-refractivity contribution is 5.89. The van der Waals surface area contributed by atoms with Crippen molar-refractivity contribution in [2.75, 3.05) is 41.7 Å². The van der Waals surface area contributed by atoms with Crippen LogP contribution in [0.25, 0.3) is 0 Å². The highest BCUT2D eigenvalue weighted by Gasteiger charge is 2.13. The van der Waals surface area contributed by atoms with Crippen molar-refractivity contribution in [3.8, 4) is 0 Å². The van der Waals surface area contributed by atoms with Crippen molar-refractivity contribution in [3.05, 3.63) is 41.3 Å². The van der Waals surface area contributed by atoms with Gasteiger partial charge in [0.25, 0.3) is 0 Å². The highest BCUT2D eigenvalue weighted by Crippen LogP contribution is 2.19. The number of hydrogen-bond donors (Lipinski definition) is 3. The summed E-state index contributed by atoms with van der Waals surface area (Å²) in [6, 6.07) is 6.21. The Labute approximate surface area is 164 Å². The zero-order valence-electron chi connectivity index (χ0n) is 16.4. The second-order valence-corrected chi connectivity index (χ2v) is 7.01. The largest absolute Gasteiger partial charge is 0.356 e. The van der Waals surface area contributed by atoms with Gasteiger partial charge in [-0.3, -0.25) is 0 Å². The Morgan fingerprint density at radius 3 is 2.64 bits per heavy atom. The van der Waals surface area contributed by atoms with Crippen molar-refractivity contribution < 1.29 is 9.18 Å². The van der Waals surface area contributed by atoms with Crippen molar-refractivity contribution in [1.82, 2.24) is 15.3 Å². The Kier molecular flexibility index (Phi) is 6.62. The van der Waals surface area contributed by atoms with Crippen molar-refractivity contribution in [2.24, 2.45) is 0 Å². The number of aryl methyl sites for hydroxylation is 2. The first-order valence-electron chi connectivity index (χ1n) is 9.67. The lowest BCUT2D eigenvalue weighted by Gasteiger charge is -2.28. The summed E-state index contributed by atoms with van der Waals surface area (Å²) in [5, 5.41) is 8.49. The number of rotatable bonds is 6. The number of halogens is 1. The zero-order valence-corrected chi connectivity index (χ0v) is 16.4. The van der Waals surface area contributed by atoms with E-state index in [9.17, 15) is 9.18 Å². The van der Waals surface area contributed by atoms with Crippen LogP contribution in [0.1, 0.15) is 30.5 Å². The summed E-state index contributed by atoms with van der Waals surface area (Å²) >= 11 is 0. The number of nitrogens with zero attached hydrogens (tertiary/aromatic N) is 3. The van der Waals surface area contributed by atoms with Gasteiger partial charge in [0, 0.05) is 43.6 Å². The number of nitrogens with one attached hydrogen (secondary N) is 3. The van der Waals surface area contributed by atoms with Gasteiger partial charge in [-0.15, -0.1) is 0 Å². The third-order valence-corrected chi connectivity index (χ3v) is 4.64. The molecule has 2 heterocycles. The monoisotopic (exact) mass is 386 g/mol. The fourth-order valence-electron chi connectivity index (χ4n) is 3.11. The van der Waals surface area contributed by atoms with Crippen molar-refractivity contribution in [3.63, 3.8) is 0 Å². The molecule has 2 aromatic rings. The first-order chi connectivity index (χ1) is 13.5. The number of amides is 2. The van der Waals surface area contributed by atoms with E-state index in [-0.39, 0.29) is 11.8 Å². The van der Waals surface area contributed by atoms with Gasteiger partial charge < -0.3 is 20.9 Å². The summed E-state index contributed by atoms with van der Waals surface area (Å²) in [7, 11) is 0. The maximum absolute atomic E-state index is 13.5. The molecular weight excluding hydrogens is 359 g/mol. The summed E-state index contributed by atoms with van der Waals surface area (Å²) in [6.45, 7) is 6.55. The number of carbonyl (C=O) groups excluding carboxylic acids is 1. The Balaban J connectivity index is 1.46. The smallest absolute Gasteiger partial charge is 0.319 e. The summed E-state index contributed by atoms with van der Waals surface area (Å²) < 4.78 is 13.5. The molecule has 0 spiro atoms. The molecule has 1 aliphatic heterocycles. The summed E-state index contributed by atoms with van der Waals surface area (Å²) in [4.78, 5) is 23.2. The first-order valence-corrected chi connectivity index (χ1v) is 9.67. The Morgan fingerprint density at radius 1 is 1.11 bits per heavy atom. The molecule has 1 aromatic heterocycles. The molecule has 0 unspecified atom stereocenters. The van der Waals surface area contributed by atoms with Gasteiger partial charge in [-0.1, -0.05) is 6.07 Å². The van der Waals surface area contributed by atoms with E-state index >= 15 is 0 Å². The third kappa shape index (κ3) is 5.55. The van der Waals surface area contributed by atoms with Gasteiger partial charge in [0.1, 0.15) is 11.6 Å². The van der Waals surface area contributed by atoms with Crippen LogP contribution in [-0.4, -0.2) is 42.2 Å². The van der Waals surface area contributed by atoms with Crippen LogP contribution < -0.4 is 20.9 Å². The van der Waals surface area contributed by atoms with Gasteiger partial charge in [-0.2, -0.15) is 4.98 Å². The van der Waals surface area contributed by atoms with E-state index in [0.29, 0.717) is 30.3 Å². The molecule has 0 atom stereocenters. The second-order valence-electron chi connectivity index (χ2n) is 7.01. The van der Waals surface area contributed by atoms with Crippen LogP contribution in [0, 0.1) is 19.7 Å². The number of anilines is 3. The van der Waals surface area contributed by atoms with Gasteiger partial charge in [0.05, 0.1) is 0 Å². The molecule has 8 heteroatoms. The average Bonchev–Trinajstić information content (AvgIpc) is 2.68. The van der Waals surface area contributed by atoms with Crippen LogP contribution in [0.15, 0.2) is 24.3 Å². The summed E-state index contributed by atoms with van der Waals surface area (Å²) in [6.07, 6.45) is 3.65. The molecule has 0 radical (unpaired) electrons. The minimum atomic E-state index is -0.385. The average molecular weight is 386 g/mol. The molecule has 3 rings (SSSR count). The van der Waals surface area contributed by atoms with Crippen molar-refractivity contribution in [2.45, 2.75) is 33.1 Å². The molecule has 1 aromatic carbocycles. The van der Waals surface area contributed by atoms with Gasteiger partial charge in [-0.05, 0) is 50.8 Å². The number of carbonyl (C=O) groups is 1. The Hall–Kier alpha value is -2.90. The molecule has 1 saturated heterocycles. The zero-order chi connectivity index (χ0) is 19.9. The van der Waals surface area contributed by atoms with Gasteiger partial charge in [0.2, 0.25) is 5.95 Å². The Morgan fingerprint density at radius 2 is 1.89 bits per heavy atom. The molecule has 1 aliphatic rings. The molecule has 150 valence electrons. The van der Waals surface area contributed by atoms with Gasteiger partial charge in [0.15, 0.2) is 0 Å². The third-order valence-electron chi connectivity index (χ3n) is 4.64. The van der Waals surface area contributed by atoms with E-state index in [1.54, 1.807) is 19.1 Å². The van der Waals surface area contributed by atoms with Gasteiger partial charge >= 0.3 is 6.03 Å². The van der Waals surface area contributed by atoms with Gasteiger partial charge in [-0.25, -0.2) is 14.2 Å². The maximum Gasteiger partial charge on any atom is 0.319 e. The number of benzene rings is 1. The van der Waals surface area contributed by atoms with Crippen LogP contribution in [-0.2, 0) is 0 Å². The van der Waals surface area contributed by atoms with E-state index < -0.39 is 0 Å². The van der Waals surface area contributed by atoms with Crippen LogP contribution in [0.5, 0.6) is 0 Å². The standard InChI is InChI=1S/C20H27FN6O/c1-14-6-7-16(13-17(14)21)25-20(28)23-9-8-22-19-24-15(2)12-18(26-19)27-10-4-3-5-11-27/h6-7,12-13H,3-5,8-11H2,1-2H3,(H,22,24,26)(H2,23,25,28). The quantitative estimate of drug-likeness (QED) is 0.663. The van der Waals surface area contributed by atoms with Crippen LogP contribution >= 0.6 is 0 Å². The molecule has 0 saturated carbocycles. The molecule has 0 bridgehead atoms. The Bertz CT molecular complexity index is 822. The number of piperidine rings is 1. The maximum atomic E-state index is 13.5. The fraction of sp³-hybridized carbons (Fsp3) is 0.450. The lowest BCUT2D eigenvalue weighted by molar-refractivity contribution is 0.252. The molecule has 1 fully saturated rings. The molecule has 7 nitrogen and oxygen atoms in total. The number of hydrogen-bond acceptors (Lipinski definition) is 5. The van der Waals surface area contributed by atoms with Crippen LogP contribution in [0.3, 0.4) is 0 Å². The van der Waals surface area contributed by atoms with Crippen LogP contribution in [0.4, 0.5) is 26.6 Å². The predicted molar refractivity (Wildman–Crippen MR) is 109 cm³/mol. The highest BCUT2D eigenvalue weighted by atomic mass is 19.1. The fourth-order valence-corrected chi connectivity index (χ4v) is 3.11. The lowest BCUT2D eigenvalue weighted by atomic mass is 10.1. The number of aromatic nitrogens is 2. The summed E-state index contributed by atoms with van der Waals surface area (Å²) in [5.41, 5.74) is 1.86. The van der Waals surface area contributed by atoms with E-state index in [4.69, 9.17) is 0 Å². The normalized spacial score (nSPS) is 13.9. The molecule has 2 amide bonds. The van der Waals surface area contributed by atoms with E-state index in [2.05, 4.69) is 30.8 Å². The minimum Gasteiger partial charge on any atom is -0.356 e. The SMILES string of the molecule is Cc1cc(N2CCCCC2)nc(NCCNC(=O)Nc2ccc(C)c(F)c2)n1. The van der Waals surface area contributed by atoms with E-state index in [0.717, 1.165) is 24.6 Å². The molecule has 3 N–H and O–H groups in total. The van der Waals surface area contributed by atoms with E-state index in [1.165, 1.54) is 25.3 Å². The first kappa shape index (κ1) is 19.9. The van der Waals surface area contributed by atoms with E-state index in [1.807, 2.05) is 13.0 Å².